The van der Waals surface area contributed by atoms with Gasteiger partial charge in [-0.15, -0.1) is 0 Å². The second-order valence-electron chi connectivity index (χ2n) is 4.66. The quantitative estimate of drug-likeness (QED) is 0.857. The summed E-state index contributed by atoms with van der Waals surface area (Å²) < 4.78 is 1.60. The van der Waals surface area contributed by atoms with Crippen molar-refractivity contribution >= 4 is 11.9 Å². The zero-order valence-electron chi connectivity index (χ0n) is 11.6. The maximum atomic E-state index is 12.0. The van der Waals surface area contributed by atoms with E-state index >= 15 is 0 Å². The van der Waals surface area contributed by atoms with Crippen molar-refractivity contribution in [3.05, 3.63) is 48.0 Å². The first-order valence-corrected chi connectivity index (χ1v) is 6.45. The summed E-state index contributed by atoms with van der Waals surface area (Å²) in [4.78, 5) is 28.2. The van der Waals surface area contributed by atoms with Gasteiger partial charge in [-0.2, -0.15) is 5.10 Å². The number of benzene rings is 1. The molecule has 1 N–H and O–H groups in total. The number of carbonyl (C=O) groups excluding carboxylic acids is 1. The average molecular weight is 288 g/mol. The molecule has 21 heavy (non-hydrogen) atoms. The van der Waals surface area contributed by atoms with Crippen LogP contribution in [-0.4, -0.2) is 43.7 Å². The molecule has 0 bridgehead atoms. The molecule has 0 unspecified atom stereocenters. The van der Waals surface area contributed by atoms with Crippen molar-refractivity contribution in [3.8, 4) is 0 Å². The van der Waals surface area contributed by atoms with Gasteiger partial charge in [-0.3, -0.25) is 9.48 Å². The Balaban J connectivity index is 1.86. The van der Waals surface area contributed by atoms with Gasteiger partial charge in [0.2, 0.25) is 5.91 Å². The van der Waals surface area contributed by atoms with E-state index in [2.05, 4.69) is 10.1 Å². The van der Waals surface area contributed by atoms with Crippen LogP contribution in [0.1, 0.15) is 22.3 Å². The maximum Gasteiger partial charge on any atom is 0.335 e. The standard InChI is InChI=1S/C14H16N4O3/c1-17(13(19)6-7-18-10-15-9-16-18)8-11-2-4-12(5-3-11)14(20)21/h2-5,9-10H,6-8H2,1H3,(H,20,21). The smallest absolute Gasteiger partial charge is 0.335 e. The Morgan fingerprint density at radius 3 is 2.57 bits per heavy atom. The minimum absolute atomic E-state index is 0.00666. The van der Waals surface area contributed by atoms with Crippen molar-refractivity contribution in [1.82, 2.24) is 19.7 Å². The summed E-state index contributed by atoms with van der Waals surface area (Å²) in [6.45, 7) is 0.928. The summed E-state index contributed by atoms with van der Waals surface area (Å²) in [5.41, 5.74) is 1.12. The number of nitrogens with zero attached hydrogens (tertiary/aromatic N) is 4. The number of carbonyl (C=O) groups is 2. The van der Waals surface area contributed by atoms with E-state index in [0.717, 1.165) is 5.56 Å². The van der Waals surface area contributed by atoms with Gasteiger partial charge in [0.1, 0.15) is 12.7 Å². The topological polar surface area (TPSA) is 88.3 Å². The lowest BCUT2D eigenvalue weighted by molar-refractivity contribution is -0.130. The lowest BCUT2D eigenvalue weighted by Crippen LogP contribution is -2.27. The molecule has 0 fully saturated rings. The maximum absolute atomic E-state index is 12.0. The van der Waals surface area contributed by atoms with Crippen molar-refractivity contribution in [3.63, 3.8) is 0 Å². The third-order valence-corrected chi connectivity index (χ3v) is 3.07. The van der Waals surface area contributed by atoms with Crippen LogP contribution in [0.25, 0.3) is 0 Å². The summed E-state index contributed by atoms with van der Waals surface area (Å²) in [6, 6.07) is 6.49. The minimum Gasteiger partial charge on any atom is -0.478 e. The van der Waals surface area contributed by atoms with E-state index in [1.807, 2.05) is 0 Å². The molecular formula is C14H16N4O3. The van der Waals surface area contributed by atoms with E-state index in [-0.39, 0.29) is 11.5 Å². The molecule has 0 saturated carbocycles. The van der Waals surface area contributed by atoms with E-state index < -0.39 is 5.97 Å². The van der Waals surface area contributed by atoms with Crippen molar-refractivity contribution in [2.75, 3.05) is 7.05 Å². The van der Waals surface area contributed by atoms with Gasteiger partial charge < -0.3 is 10.0 Å². The SMILES string of the molecule is CN(Cc1ccc(C(=O)O)cc1)C(=O)CCn1cncn1. The van der Waals surface area contributed by atoms with Crippen LogP contribution >= 0.6 is 0 Å². The van der Waals surface area contributed by atoms with Crippen molar-refractivity contribution in [2.45, 2.75) is 19.5 Å². The summed E-state index contributed by atoms with van der Waals surface area (Å²) >= 11 is 0. The molecule has 1 amide bonds. The van der Waals surface area contributed by atoms with Gasteiger partial charge in [-0.05, 0) is 17.7 Å². The third-order valence-electron chi connectivity index (χ3n) is 3.07. The molecule has 2 rings (SSSR count). The molecule has 0 aliphatic rings. The van der Waals surface area contributed by atoms with Crippen LogP contribution in [0.4, 0.5) is 0 Å². The lowest BCUT2D eigenvalue weighted by atomic mass is 10.1. The summed E-state index contributed by atoms with van der Waals surface area (Å²) in [5, 5.41) is 12.8. The fraction of sp³-hybridized carbons (Fsp3) is 0.286. The molecule has 0 radical (unpaired) electrons. The molecule has 2 aromatic rings. The van der Waals surface area contributed by atoms with E-state index in [4.69, 9.17) is 5.11 Å². The van der Waals surface area contributed by atoms with E-state index in [0.29, 0.717) is 19.5 Å². The predicted molar refractivity (Wildman–Crippen MR) is 74.5 cm³/mol. The Morgan fingerprint density at radius 1 is 1.29 bits per heavy atom. The van der Waals surface area contributed by atoms with E-state index in [1.165, 1.54) is 18.5 Å². The minimum atomic E-state index is -0.959. The van der Waals surface area contributed by atoms with Gasteiger partial charge in [0.05, 0.1) is 12.1 Å². The largest absolute Gasteiger partial charge is 0.478 e. The third kappa shape index (κ3) is 4.13. The van der Waals surface area contributed by atoms with Gasteiger partial charge >= 0.3 is 5.97 Å². The van der Waals surface area contributed by atoms with Crippen LogP contribution in [0.2, 0.25) is 0 Å². The van der Waals surface area contributed by atoms with Crippen LogP contribution in [-0.2, 0) is 17.9 Å². The summed E-state index contributed by atoms with van der Waals surface area (Å²) in [5.74, 6) is -0.966. The molecule has 7 nitrogen and oxygen atoms in total. The van der Waals surface area contributed by atoms with Crippen molar-refractivity contribution < 1.29 is 14.7 Å². The molecule has 1 aromatic heterocycles. The van der Waals surface area contributed by atoms with Gasteiger partial charge in [0.15, 0.2) is 0 Å². The Bertz CT molecular complexity index is 608. The molecule has 1 aromatic carbocycles. The number of rotatable bonds is 6. The molecule has 0 atom stereocenters. The van der Waals surface area contributed by atoms with Gasteiger partial charge in [-0.1, -0.05) is 12.1 Å². The molecule has 1 heterocycles. The van der Waals surface area contributed by atoms with Crippen LogP contribution < -0.4 is 0 Å². The summed E-state index contributed by atoms with van der Waals surface area (Å²) in [7, 11) is 1.72. The Labute approximate surface area is 121 Å². The van der Waals surface area contributed by atoms with E-state index in [9.17, 15) is 9.59 Å². The molecule has 0 spiro atoms. The molecular weight excluding hydrogens is 272 g/mol. The first kappa shape index (κ1) is 14.7. The number of carboxylic acids is 1. The zero-order chi connectivity index (χ0) is 15.2. The first-order valence-electron chi connectivity index (χ1n) is 6.45. The first-order chi connectivity index (χ1) is 10.1. The number of hydrogen-bond acceptors (Lipinski definition) is 4. The fourth-order valence-electron chi connectivity index (χ4n) is 1.86. The van der Waals surface area contributed by atoms with Crippen molar-refractivity contribution in [2.24, 2.45) is 0 Å². The van der Waals surface area contributed by atoms with E-state index in [1.54, 1.807) is 35.1 Å². The molecule has 110 valence electrons. The lowest BCUT2D eigenvalue weighted by Gasteiger charge is -2.17. The zero-order valence-corrected chi connectivity index (χ0v) is 11.6. The normalized spacial score (nSPS) is 10.3. The highest BCUT2D eigenvalue weighted by molar-refractivity contribution is 5.87. The molecule has 0 aliphatic heterocycles. The van der Waals surface area contributed by atoms with Crippen LogP contribution in [0.5, 0.6) is 0 Å². The monoisotopic (exact) mass is 288 g/mol. The number of aromatic nitrogens is 3. The number of carboxylic acid groups (broad SMARTS) is 1. The summed E-state index contributed by atoms with van der Waals surface area (Å²) in [6.07, 6.45) is 3.34. The Morgan fingerprint density at radius 2 is 2.00 bits per heavy atom. The highest BCUT2D eigenvalue weighted by Crippen LogP contribution is 2.08. The number of aromatic carboxylic acids is 1. The molecule has 0 saturated heterocycles. The second kappa shape index (κ2) is 6.65. The van der Waals surface area contributed by atoms with Crippen LogP contribution in [0.15, 0.2) is 36.9 Å². The highest BCUT2D eigenvalue weighted by Gasteiger charge is 2.10. The molecule has 0 aliphatic carbocycles. The van der Waals surface area contributed by atoms with Crippen LogP contribution in [0.3, 0.4) is 0 Å². The predicted octanol–water partition coefficient (Wildman–Crippen LogP) is 1.03. The van der Waals surface area contributed by atoms with Crippen molar-refractivity contribution in [1.29, 1.82) is 0 Å². The van der Waals surface area contributed by atoms with Gasteiger partial charge in [0.25, 0.3) is 0 Å². The number of amides is 1. The van der Waals surface area contributed by atoms with Gasteiger partial charge in [0, 0.05) is 20.0 Å². The number of hydrogen-bond donors (Lipinski definition) is 1. The van der Waals surface area contributed by atoms with Gasteiger partial charge in [-0.25, -0.2) is 9.78 Å². The Hall–Kier alpha value is -2.70. The average Bonchev–Trinajstić information content (AvgIpc) is 2.98. The van der Waals surface area contributed by atoms with Crippen LogP contribution in [0, 0.1) is 0 Å². The molecule has 7 heteroatoms. The fourth-order valence-corrected chi connectivity index (χ4v) is 1.86. The Kier molecular flexibility index (Phi) is 4.65. The number of aryl methyl sites for hydroxylation is 1. The second-order valence-corrected chi connectivity index (χ2v) is 4.66. The highest BCUT2D eigenvalue weighted by atomic mass is 16.4.